The molecule has 0 aliphatic carbocycles. The molecule has 0 aliphatic heterocycles. The van der Waals surface area contributed by atoms with Crippen molar-refractivity contribution < 1.29 is 8.78 Å². The molecule has 90 valence electrons. The minimum Gasteiger partial charge on any atom is -0.399 e. The summed E-state index contributed by atoms with van der Waals surface area (Å²) in [6.45, 7) is 0.503. The quantitative estimate of drug-likeness (QED) is 0.757. The molecule has 4 heteroatoms. The van der Waals surface area contributed by atoms with E-state index in [-0.39, 0.29) is 6.54 Å². The monoisotopic (exact) mass is 228 g/mol. The topological polar surface area (TPSA) is 29.3 Å². The van der Waals surface area contributed by atoms with Crippen LogP contribution in [0.25, 0.3) is 0 Å². The first-order valence-corrected chi connectivity index (χ1v) is 5.39. The van der Waals surface area contributed by atoms with E-state index in [4.69, 9.17) is 5.73 Å². The zero-order valence-electron chi connectivity index (χ0n) is 9.50. The Labute approximate surface area is 95.1 Å². The van der Waals surface area contributed by atoms with Crippen molar-refractivity contribution in [2.24, 2.45) is 0 Å². The van der Waals surface area contributed by atoms with Crippen molar-refractivity contribution in [3.05, 3.63) is 29.8 Å². The maximum atomic E-state index is 12.0. The standard InChI is InChI=1S/C12H18F2N2/c1-16(9-12(13)14)8-4-6-10-5-2-3-7-11(10)15/h2-3,5,7,12H,4,6,8-9,15H2,1H3. The average Bonchev–Trinajstić information content (AvgIpc) is 2.19. The Morgan fingerprint density at radius 3 is 2.62 bits per heavy atom. The number of hydrogen-bond donors (Lipinski definition) is 1. The first-order chi connectivity index (χ1) is 7.59. The molecular weight excluding hydrogens is 210 g/mol. The molecule has 16 heavy (non-hydrogen) atoms. The van der Waals surface area contributed by atoms with Crippen molar-refractivity contribution in [2.75, 3.05) is 25.9 Å². The number of aryl methyl sites for hydroxylation is 1. The molecule has 0 saturated carbocycles. The van der Waals surface area contributed by atoms with Gasteiger partial charge in [0, 0.05) is 5.69 Å². The van der Waals surface area contributed by atoms with E-state index in [1.807, 2.05) is 24.3 Å². The highest BCUT2D eigenvalue weighted by Crippen LogP contribution is 2.12. The van der Waals surface area contributed by atoms with E-state index < -0.39 is 6.43 Å². The predicted molar refractivity (Wildman–Crippen MR) is 62.7 cm³/mol. The Balaban J connectivity index is 2.28. The fourth-order valence-electron chi connectivity index (χ4n) is 1.63. The summed E-state index contributed by atoms with van der Waals surface area (Å²) < 4.78 is 24.1. The molecule has 0 bridgehead atoms. The molecular formula is C12H18F2N2. The zero-order chi connectivity index (χ0) is 12.0. The van der Waals surface area contributed by atoms with Crippen LogP contribution in [0.3, 0.4) is 0 Å². The maximum absolute atomic E-state index is 12.0. The maximum Gasteiger partial charge on any atom is 0.251 e. The molecule has 0 fully saturated rings. The van der Waals surface area contributed by atoms with E-state index in [0.29, 0.717) is 6.54 Å². The van der Waals surface area contributed by atoms with Crippen LogP contribution in [-0.2, 0) is 6.42 Å². The van der Waals surface area contributed by atoms with Crippen LogP contribution >= 0.6 is 0 Å². The summed E-state index contributed by atoms with van der Waals surface area (Å²) in [5, 5.41) is 0. The van der Waals surface area contributed by atoms with Gasteiger partial charge < -0.3 is 10.6 Å². The molecule has 0 heterocycles. The van der Waals surface area contributed by atoms with E-state index in [1.165, 1.54) is 0 Å². The Morgan fingerprint density at radius 2 is 2.00 bits per heavy atom. The summed E-state index contributed by atoms with van der Waals surface area (Å²) in [5.41, 5.74) is 7.65. The summed E-state index contributed by atoms with van der Waals surface area (Å²) in [5.74, 6) is 0. The van der Waals surface area contributed by atoms with Crippen LogP contribution < -0.4 is 5.73 Å². The molecule has 0 saturated heterocycles. The largest absolute Gasteiger partial charge is 0.399 e. The van der Waals surface area contributed by atoms with Crippen molar-refractivity contribution in [1.29, 1.82) is 0 Å². The lowest BCUT2D eigenvalue weighted by molar-refractivity contribution is 0.0999. The fourth-order valence-corrected chi connectivity index (χ4v) is 1.63. The van der Waals surface area contributed by atoms with Crippen molar-refractivity contribution in [3.8, 4) is 0 Å². The summed E-state index contributed by atoms with van der Waals surface area (Å²) >= 11 is 0. The van der Waals surface area contributed by atoms with Gasteiger partial charge in [0.1, 0.15) is 0 Å². The second-order valence-corrected chi connectivity index (χ2v) is 3.96. The number of para-hydroxylation sites is 1. The molecule has 1 aromatic rings. The molecule has 0 aliphatic rings. The number of nitrogens with zero attached hydrogens (tertiary/aromatic N) is 1. The van der Waals surface area contributed by atoms with Crippen LogP contribution in [0.4, 0.5) is 14.5 Å². The van der Waals surface area contributed by atoms with Crippen LogP contribution in [-0.4, -0.2) is 31.5 Å². The second-order valence-electron chi connectivity index (χ2n) is 3.96. The molecule has 1 aromatic carbocycles. The number of nitrogens with two attached hydrogens (primary N) is 1. The number of benzene rings is 1. The van der Waals surface area contributed by atoms with Gasteiger partial charge in [0.15, 0.2) is 0 Å². The lowest BCUT2D eigenvalue weighted by atomic mass is 10.1. The highest BCUT2D eigenvalue weighted by Gasteiger charge is 2.07. The van der Waals surface area contributed by atoms with Crippen molar-refractivity contribution >= 4 is 5.69 Å². The summed E-state index contributed by atoms with van der Waals surface area (Å²) in [4.78, 5) is 1.64. The van der Waals surface area contributed by atoms with Crippen molar-refractivity contribution in [1.82, 2.24) is 4.90 Å². The molecule has 1 rings (SSSR count). The number of rotatable bonds is 6. The molecule has 0 unspecified atom stereocenters. The molecule has 2 nitrogen and oxygen atoms in total. The number of nitrogen functional groups attached to an aromatic ring is 1. The highest BCUT2D eigenvalue weighted by molar-refractivity contribution is 5.46. The van der Waals surface area contributed by atoms with Gasteiger partial charge in [0.2, 0.25) is 0 Å². The SMILES string of the molecule is CN(CCCc1ccccc1N)CC(F)F. The van der Waals surface area contributed by atoms with E-state index in [9.17, 15) is 8.78 Å². The van der Waals surface area contributed by atoms with Gasteiger partial charge in [-0.15, -0.1) is 0 Å². The highest BCUT2D eigenvalue weighted by atomic mass is 19.3. The zero-order valence-corrected chi connectivity index (χ0v) is 9.50. The minimum absolute atomic E-state index is 0.162. The third-order valence-electron chi connectivity index (χ3n) is 2.49. The number of alkyl halides is 2. The van der Waals surface area contributed by atoms with Crippen LogP contribution in [0.5, 0.6) is 0 Å². The molecule has 2 N–H and O–H groups in total. The Kier molecular flexibility index (Phi) is 5.19. The van der Waals surface area contributed by atoms with Gasteiger partial charge in [0.05, 0.1) is 6.54 Å². The third kappa shape index (κ3) is 4.57. The Hall–Kier alpha value is -1.16. The summed E-state index contributed by atoms with van der Waals surface area (Å²) in [7, 11) is 1.71. The van der Waals surface area contributed by atoms with Crippen LogP contribution in [0, 0.1) is 0 Å². The van der Waals surface area contributed by atoms with Crippen LogP contribution in [0.15, 0.2) is 24.3 Å². The normalized spacial score (nSPS) is 11.3. The third-order valence-corrected chi connectivity index (χ3v) is 2.49. The number of halogens is 2. The van der Waals surface area contributed by atoms with Gasteiger partial charge in [-0.1, -0.05) is 18.2 Å². The molecule has 0 amide bonds. The van der Waals surface area contributed by atoms with Gasteiger partial charge in [0.25, 0.3) is 6.43 Å². The summed E-state index contributed by atoms with van der Waals surface area (Å²) in [6.07, 6.45) is -0.579. The fraction of sp³-hybridized carbons (Fsp3) is 0.500. The Morgan fingerprint density at radius 1 is 1.31 bits per heavy atom. The number of hydrogen-bond acceptors (Lipinski definition) is 2. The van der Waals surface area contributed by atoms with Gasteiger partial charge >= 0.3 is 0 Å². The average molecular weight is 228 g/mol. The minimum atomic E-state index is -2.26. The van der Waals surface area contributed by atoms with Crippen LogP contribution in [0.1, 0.15) is 12.0 Å². The van der Waals surface area contributed by atoms with E-state index in [1.54, 1.807) is 11.9 Å². The number of anilines is 1. The van der Waals surface area contributed by atoms with Gasteiger partial charge in [-0.25, -0.2) is 8.78 Å². The first-order valence-electron chi connectivity index (χ1n) is 5.39. The molecule has 0 aromatic heterocycles. The van der Waals surface area contributed by atoms with Crippen LogP contribution in [0.2, 0.25) is 0 Å². The smallest absolute Gasteiger partial charge is 0.251 e. The second kappa shape index (κ2) is 6.43. The van der Waals surface area contributed by atoms with E-state index in [0.717, 1.165) is 24.1 Å². The van der Waals surface area contributed by atoms with Gasteiger partial charge in [-0.2, -0.15) is 0 Å². The van der Waals surface area contributed by atoms with Crippen molar-refractivity contribution in [2.45, 2.75) is 19.3 Å². The molecule has 0 atom stereocenters. The predicted octanol–water partition coefficient (Wildman–Crippen LogP) is 2.40. The molecule has 0 spiro atoms. The Bertz CT molecular complexity index is 316. The van der Waals surface area contributed by atoms with E-state index in [2.05, 4.69) is 0 Å². The van der Waals surface area contributed by atoms with Gasteiger partial charge in [-0.05, 0) is 38.1 Å². The summed E-state index contributed by atoms with van der Waals surface area (Å²) in [6, 6.07) is 7.66. The van der Waals surface area contributed by atoms with Gasteiger partial charge in [-0.3, -0.25) is 0 Å². The lowest BCUT2D eigenvalue weighted by Crippen LogP contribution is -2.25. The van der Waals surface area contributed by atoms with Crippen molar-refractivity contribution in [3.63, 3.8) is 0 Å². The first kappa shape index (κ1) is 12.9. The van der Waals surface area contributed by atoms with E-state index >= 15 is 0 Å². The molecule has 0 radical (unpaired) electrons. The lowest BCUT2D eigenvalue weighted by Gasteiger charge is -2.15.